The van der Waals surface area contributed by atoms with Crippen LogP contribution in [0.2, 0.25) is 0 Å². The summed E-state index contributed by atoms with van der Waals surface area (Å²) in [6.45, 7) is 2.76. The summed E-state index contributed by atoms with van der Waals surface area (Å²) < 4.78 is 22.3. The van der Waals surface area contributed by atoms with Gasteiger partial charge in [0.05, 0.1) is 35.2 Å². The van der Waals surface area contributed by atoms with Gasteiger partial charge in [0.2, 0.25) is 0 Å². The van der Waals surface area contributed by atoms with Gasteiger partial charge in [0.15, 0.2) is 11.4 Å². The molecule has 4 N–H and O–H groups in total. The number of nitrogens with zero attached hydrogens (tertiary/aromatic N) is 6. The molecule has 1 saturated heterocycles. The first-order chi connectivity index (χ1) is 17.0. The number of fused-ring (bicyclic) bond motifs is 6. The van der Waals surface area contributed by atoms with Crippen LogP contribution in [0.15, 0.2) is 30.7 Å². The zero-order valence-corrected chi connectivity index (χ0v) is 19.3. The number of ether oxygens (including phenoxy) is 1. The molecule has 4 aromatic heterocycles. The summed E-state index contributed by atoms with van der Waals surface area (Å²) in [6, 6.07) is 3.67. The first-order valence-corrected chi connectivity index (χ1v) is 11.7. The molecule has 0 unspecified atom stereocenters. The molecule has 178 valence electrons. The van der Waals surface area contributed by atoms with Crippen LogP contribution in [-0.2, 0) is 0 Å². The van der Waals surface area contributed by atoms with E-state index in [0.29, 0.717) is 23.0 Å². The van der Waals surface area contributed by atoms with Crippen LogP contribution >= 0.6 is 0 Å². The van der Waals surface area contributed by atoms with Crippen molar-refractivity contribution in [3.63, 3.8) is 0 Å². The molecule has 10 nitrogen and oxygen atoms in total. The Kier molecular flexibility index (Phi) is 4.23. The van der Waals surface area contributed by atoms with Gasteiger partial charge in [-0.25, -0.2) is 13.9 Å². The number of aromatic amines is 1. The van der Waals surface area contributed by atoms with Gasteiger partial charge in [-0.05, 0) is 37.8 Å². The smallest absolute Gasteiger partial charge is 0.326 e. The highest BCUT2D eigenvalue weighted by molar-refractivity contribution is 6.14. The molecule has 1 saturated carbocycles. The predicted molar refractivity (Wildman–Crippen MR) is 131 cm³/mol. The number of halogens is 1. The van der Waals surface area contributed by atoms with E-state index in [4.69, 9.17) is 15.5 Å². The fraction of sp³-hybridized carbons (Fsp3) is 0.333. The third kappa shape index (κ3) is 3.04. The Morgan fingerprint density at radius 2 is 2.11 bits per heavy atom. The van der Waals surface area contributed by atoms with Crippen LogP contribution in [0, 0.1) is 18.7 Å². The molecular weight excluding hydrogens is 449 g/mol. The average molecular weight is 474 g/mol. The molecule has 3 atom stereocenters. The Morgan fingerprint density at radius 1 is 1.23 bits per heavy atom. The number of benzene rings is 1. The number of piperidine rings is 1. The van der Waals surface area contributed by atoms with Crippen LogP contribution in [0.25, 0.3) is 27.6 Å². The minimum absolute atomic E-state index is 0.183. The number of aromatic nitrogens is 6. The molecule has 2 fully saturated rings. The molecule has 5 aromatic rings. The van der Waals surface area contributed by atoms with Crippen molar-refractivity contribution in [2.45, 2.75) is 31.8 Å². The second-order valence-electron chi connectivity index (χ2n) is 9.49. The van der Waals surface area contributed by atoms with E-state index in [0.717, 1.165) is 52.7 Å². The molecule has 0 spiro atoms. The van der Waals surface area contributed by atoms with E-state index in [1.54, 1.807) is 30.2 Å². The van der Waals surface area contributed by atoms with Crippen molar-refractivity contribution in [1.29, 1.82) is 0 Å². The average Bonchev–Trinajstić information content (AvgIpc) is 3.60. The van der Waals surface area contributed by atoms with Crippen molar-refractivity contribution in [3.05, 3.63) is 42.1 Å². The van der Waals surface area contributed by atoms with E-state index in [2.05, 4.69) is 30.3 Å². The predicted octanol–water partition coefficient (Wildman–Crippen LogP) is 3.36. The molecule has 11 heteroatoms. The van der Waals surface area contributed by atoms with Crippen LogP contribution in [-0.4, -0.2) is 55.2 Å². The van der Waals surface area contributed by atoms with Crippen LogP contribution in [0.4, 0.5) is 15.9 Å². The van der Waals surface area contributed by atoms with E-state index in [1.165, 1.54) is 12.1 Å². The van der Waals surface area contributed by atoms with Gasteiger partial charge in [0.1, 0.15) is 17.3 Å². The fourth-order valence-electron chi connectivity index (χ4n) is 5.66. The number of hydrogen-bond donors (Lipinski definition) is 3. The quantitative estimate of drug-likeness (QED) is 0.363. The summed E-state index contributed by atoms with van der Waals surface area (Å²) in [5, 5.41) is 8.88. The van der Waals surface area contributed by atoms with Gasteiger partial charge >= 0.3 is 6.01 Å². The molecule has 0 radical (unpaired) electrons. The second kappa shape index (κ2) is 7.25. The van der Waals surface area contributed by atoms with Crippen LogP contribution in [0.5, 0.6) is 11.8 Å². The van der Waals surface area contributed by atoms with Gasteiger partial charge in [-0.3, -0.25) is 0 Å². The Morgan fingerprint density at radius 3 is 2.89 bits per heavy atom. The highest BCUT2D eigenvalue weighted by atomic mass is 19.1. The second-order valence-corrected chi connectivity index (χ2v) is 9.49. The molecule has 0 amide bonds. The van der Waals surface area contributed by atoms with Crippen LogP contribution < -0.4 is 20.7 Å². The highest BCUT2D eigenvalue weighted by Gasteiger charge is 2.44. The molecule has 5 heterocycles. The van der Waals surface area contributed by atoms with Crippen molar-refractivity contribution in [3.8, 4) is 11.8 Å². The van der Waals surface area contributed by atoms with Gasteiger partial charge in [-0.15, -0.1) is 0 Å². The largest absolute Gasteiger partial charge is 0.421 e. The van der Waals surface area contributed by atoms with Gasteiger partial charge in [0, 0.05) is 36.6 Å². The summed E-state index contributed by atoms with van der Waals surface area (Å²) in [7, 11) is 1.77. The lowest BCUT2D eigenvalue weighted by Crippen LogP contribution is -2.41. The zero-order valence-electron chi connectivity index (χ0n) is 19.3. The normalized spacial score (nSPS) is 21.6. The third-order valence-electron chi connectivity index (χ3n) is 7.34. The minimum Gasteiger partial charge on any atom is -0.421 e. The molecule has 1 aliphatic heterocycles. The number of anilines is 2. The summed E-state index contributed by atoms with van der Waals surface area (Å²) in [5.74, 6) is 1.29. The van der Waals surface area contributed by atoms with E-state index in [-0.39, 0.29) is 23.9 Å². The first kappa shape index (κ1) is 20.4. The van der Waals surface area contributed by atoms with E-state index < -0.39 is 0 Å². The highest BCUT2D eigenvalue weighted by Crippen LogP contribution is 2.44. The lowest BCUT2D eigenvalue weighted by atomic mass is 10.0. The number of H-pyrrole nitrogens is 1. The third-order valence-corrected chi connectivity index (χ3v) is 7.34. The molecular formula is C24H24FN9O. The monoisotopic (exact) mass is 473 g/mol. The molecule has 7 rings (SSSR count). The van der Waals surface area contributed by atoms with Gasteiger partial charge in [-0.2, -0.15) is 15.1 Å². The van der Waals surface area contributed by atoms with Crippen LogP contribution in [0.3, 0.4) is 0 Å². The minimum atomic E-state index is -0.326. The summed E-state index contributed by atoms with van der Waals surface area (Å²) in [4.78, 5) is 19.6. The Hall–Kier alpha value is -3.99. The number of nitrogens with two attached hydrogens (primary N) is 1. The van der Waals surface area contributed by atoms with Gasteiger partial charge in [-0.1, -0.05) is 0 Å². The maximum absolute atomic E-state index is 14.5. The maximum atomic E-state index is 14.5. The number of aryl methyl sites for hydroxylation is 1. The number of hydrogen-bond acceptors (Lipinski definition) is 8. The first-order valence-electron chi connectivity index (χ1n) is 11.7. The van der Waals surface area contributed by atoms with E-state index in [9.17, 15) is 4.39 Å². The van der Waals surface area contributed by atoms with Crippen molar-refractivity contribution in [2.75, 3.05) is 23.8 Å². The van der Waals surface area contributed by atoms with Gasteiger partial charge < -0.3 is 25.7 Å². The summed E-state index contributed by atoms with van der Waals surface area (Å²) in [5.41, 5.74) is 10.1. The lowest BCUT2D eigenvalue weighted by Gasteiger charge is -2.31. The Labute approximate surface area is 199 Å². The van der Waals surface area contributed by atoms with E-state index in [1.807, 2.05) is 6.92 Å². The van der Waals surface area contributed by atoms with Gasteiger partial charge in [0.25, 0.3) is 0 Å². The number of nitrogens with one attached hydrogen (secondary N) is 2. The molecule has 2 aliphatic rings. The Balaban J connectivity index is 1.40. The SMILES string of the molecule is CNc1cc(F)cc2c1[nH]c1nc(Oc3cnc4c(C)cnn4c3)nc(N3C[C@H]4C[C@@H]3C[C@@H]4N)c12. The molecule has 35 heavy (non-hydrogen) atoms. The van der Waals surface area contributed by atoms with Crippen molar-refractivity contribution in [1.82, 2.24) is 29.5 Å². The summed E-state index contributed by atoms with van der Waals surface area (Å²) in [6.07, 6.45) is 7.07. The topological polar surface area (TPSA) is 122 Å². The summed E-state index contributed by atoms with van der Waals surface area (Å²) >= 11 is 0. The maximum Gasteiger partial charge on any atom is 0.326 e. The number of rotatable bonds is 4. The van der Waals surface area contributed by atoms with Crippen molar-refractivity contribution in [2.24, 2.45) is 11.7 Å². The standard InChI is InChI=1S/C24H24FN9O/c1-11-7-29-34-10-15(8-28-22(11)34)35-24-31-21-19(16-4-13(25)5-18(27-2)20(16)30-21)23(32-24)33-9-12-3-14(33)6-17(12)26/h4-5,7-8,10,12,14,17,27H,3,6,9,26H2,1-2H3,(H,30,31,32)/t12-,14-,17+/m1/s1. The molecule has 1 aliphatic carbocycles. The lowest BCUT2D eigenvalue weighted by molar-refractivity contribution is 0.435. The van der Waals surface area contributed by atoms with Crippen molar-refractivity contribution < 1.29 is 9.13 Å². The van der Waals surface area contributed by atoms with E-state index >= 15 is 0 Å². The van der Waals surface area contributed by atoms with Crippen LogP contribution in [0.1, 0.15) is 18.4 Å². The zero-order chi connectivity index (χ0) is 23.8. The van der Waals surface area contributed by atoms with Crippen molar-refractivity contribution >= 4 is 39.1 Å². The Bertz CT molecular complexity index is 1620. The fourth-order valence-corrected chi connectivity index (χ4v) is 5.66. The molecule has 2 bridgehead atoms. The molecule has 1 aromatic carbocycles.